The maximum atomic E-state index is 13.2. The summed E-state index contributed by atoms with van der Waals surface area (Å²) in [5, 5.41) is 3.31. The van der Waals surface area contributed by atoms with Crippen molar-refractivity contribution in [3.8, 4) is 5.75 Å². The van der Waals surface area contributed by atoms with Crippen LogP contribution in [0.1, 0.15) is 38.2 Å². The maximum absolute atomic E-state index is 13.2. The van der Waals surface area contributed by atoms with Gasteiger partial charge in [-0.2, -0.15) is 4.31 Å². The van der Waals surface area contributed by atoms with Crippen LogP contribution in [0, 0.1) is 0 Å². The van der Waals surface area contributed by atoms with Crippen molar-refractivity contribution in [2.24, 2.45) is 0 Å². The number of rotatable bonds is 5. The van der Waals surface area contributed by atoms with E-state index in [1.807, 2.05) is 19.1 Å². The van der Waals surface area contributed by atoms with Crippen LogP contribution in [0.3, 0.4) is 0 Å². The number of ether oxygens (including phenoxy) is 1. The van der Waals surface area contributed by atoms with Crippen LogP contribution in [-0.4, -0.2) is 45.0 Å². The monoisotopic (exact) mass is 374 g/mol. The van der Waals surface area contributed by atoms with Crippen molar-refractivity contribution in [2.45, 2.75) is 50.0 Å². The summed E-state index contributed by atoms with van der Waals surface area (Å²) in [6.07, 6.45) is 4.43. The molecule has 0 radical (unpaired) electrons. The van der Waals surface area contributed by atoms with Crippen LogP contribution in [0.25, 0.3) is 0 Å². The second-order valence-electron chi connectivity index (χ2n) is 6.32. The van der Waals surface area contributed by atoms with Gasteiger partial charge in [-0.3, -0.25) is 0 Å². The molecule has 2 aliphatic heterocycles. The smallest absolute Gasteiger partial charge is 0.243 e. The molecule has 1 N–H and O–H groups in total. The molecular formula is C17H27ClN2O3S. The lowest BCUT2D eigenvalue weighted by molar-refractivity contribution is 0.262. The summed E-state index contributed by atoms with van der Waals surface area (Å²) in [5.41, 5.74) is 1.01. The number of piperidine rings is 1. The molecule has 0 bridgehead atoms. The quantitative estimate of drug-likeness (QED) is 0.860. The van der Waals surface area contributed by atoms with Crippen molar-refractivity contribution in [3.05, 3.63) is 23.8 Å². The second kappa shape index (κ2) is 8.52. The van der Waals surface area contributed by atoms with Gasteiger partial charge in [-0.15, -0.1) is 12.4 Å². The molecule has 5 nitrogen and oxygen atoms in total. The van der Waals surface area contributed by atoms with Crippen LogP contribution in [0.4, 0.5) is 0 Å². The molecule has 1 saturated heterocycles. The highest BCUT2D eigenvalue weighted by molar-refractivity contribution is 7.89. The first-order valence-electron chi connectivity index (χ1n) is 8.61. The summed E-state index contributed by atoms with van der Waals surface area (Å²) in [6, 6.07) is 5.43. The maximum Gasteiger partial charge on any atom is 0.243 e. The minimum atomic E-state index is -3.45. The van der Waals surface area contributed by atoms with Gasteiger partial charge in [-0.1, -0.05) is 6.92 Å². The number of hydrogen-bond donors (Lipinski definition) is 1. The normalized spacial score (nSPS) is 18.6. The summed E-state index contributed by atoms with van der Waals surface area (Å²) < 4.78 is 33.7. The zero-order valence-electron chi connectivity index (χ0n) is 14.2. The van der Waals surface area contributed by atoms with E-state index < -0.39 is 10.0 Å². The molecule has 0 saturated carbocycles. The largest absolute Gasteiger partial charge is 0.493 e. The molecule has 1 aromatic carbocycles. The molecule has 1 fully saturated rings. The summed E-state index contributed by atoms with van der Waals surface area (Å²) >= 11 is 0. The Kier molecular flexibility index (Phi) is 6.92. The number of benzene rings is 1. The van der Waals surface area contributed by atoms with Crippen LogP contribution >= 0.6 is 12.4 Å². The highest BCUT2D eigenvalue weighted by atomic mass is 35.5. The Morgan fingerprint density at radius 1 is 1.29 bits per heavy atom. The molecular weight excluding hydrogens is 348 g/mol. The molecule has 0 amide bonds. The number of fused-ring (bicyclic) bond motifs is 1. The molecule has 0 spiro atoms. The van der Waals surface area contributed by atoms with Crippen LogP contribution in [0.5, 0.6) is 5.75 Å². The van der Waals surface area contributed by atoms with E-state index in [9.17, 15) is 8.42 Å². The Balaban J connectivity index is 0.00000208. The second-order valence-corrected chi connectivity index (χ2v) is 8.21. The molecule has 136 valence electrons. The van der Waals surface area contributed by atoms with Gasteiger partial charge in [0, 0.05) is 12.6 Å². The van der Waals surface area contributed by atoms with Crippen molar-refractivity contribution in [1.29, 1.82) is 0 Å². The zero-order valence-corrected chi connectivity index (χ0v) is 15.8. The van der Waals surface area contributed by atoms with Crippen LogP contribution in [0.15, 0.2) is 23.1 Å². The Morgan fingerprint density at radius 2 is 2.04 bits per heavy atom. The molecule has 24 heavy (non-hydrogen) atoms. The van der Waals surface area contributed by atoms with Gasteiger partial charge in [0.15, 0.2) is 0 Å². The predicted octanol–water partition coefficient (Wildman–Crippen LogP) is 2.59. The van der Waals surface area contributed by atoms with Gasteiger partial charge >= 0.3 is 0 Å². The third-order valence-corrected chi connectivity index (χ3v) is 6.59. The molecule has 1 aromatic rings. The fourth-order valence-electron chi connectivity index (χ4n) is 3.45. The first kappa shape index (κ1) is 19.5. The number of nitrogens with one attached hydrogen (secondary N) is 1. The molecule has 3 rings (SSSR count). The lowest BCUT2D eigenvalue weighted by atomic mass is 10.1. The van der Waals surface area contributed by atoms with Gasteiger partial charge in [0.1, 0.15) is 5.75 Å². The van der Waals surface area contributed by atoms with E-state index in [1.165, 1.54) is 0 Å². The third kappa shape index (κ3) is 4.04. The number of sulfonamides is 1. The van der Waals surface area contributed by atoms with Crippen molar-refractivity contribution in [1.82, 2.24) is 9.62 Å². The summed E-state index contributed by atoms with van der Waals surface area (Å²) in [5.74, 6) is 0.833. The van der Waals surface area contributed by atoms with Gasteiger partial charge in [0.05, 0.1) is 11.5 Å². The Bertz CT molecular complexity index is 645. The summed E-state index contributed by atoms with van der Waals surface area (Å²) in [4.78, 5) is 0.411. The SMILES string of the molecule is CCCN(C1CCNCC1)S(=O)(=O)c1ccc2c(c1)CCCO2.Cl. The first-order valence-corrected chi connectivity index (χ1v) is 10.0. The van der Waals surface area contributed by atoms with Gasteiger partial charge in [0.2, 0.25) is 10.0 Å². The summed E-state index contributed by atoms with van der Waals surface area (Å²) in [6.45, 7) is 5.11. The topological polar surface area (TPSA) is 58.6 Å². The molecule has 0 unspecified atom stereocenters. The van der Waals surface area contributed by atoms with Crippen molar-refractivity contribution in [3.63, 3.8) is 0 Å². The van der Waals surface area contributed by atoms with Gasteiger partial charge in [0.25, 0.3) is 0 Å². The molecule has 7 heteroatoms. The fourth-order valence-corrected chi connectivity index (χ4v) is 5.27. The van der Waals surface area contributed by atoms with E-state index in [1.54, 1.807) is 10.4 Å². The van der Waals surface area contributed by atoms with E-state index in [-0.39, 0.29) is 18.4 Å². The minimum absolute atomic E-state index is 0. The summed E-state index contributed by atoms with van der Waals surface area (Å²) in [7, 11) is -3.45. The molecule has 0 aliphatic carbocycles. The van der Waals surface area contributed by atoms with Crippen molar-refractivity contribution < 1.29 is 13.2 Å². The average Bonchev–Trinajstić information content (AvgIpc) is 2.60. The molecule has 0 atom stereocenters. The highest BCUT2D eigenvalue weighted by Gasteiger charge is 2.32. The van der Waals surface area contributed by atoms with E-state index in [4.69, 9.17) is 4.74 Å². The van der Waals surface area contributed by atoms with Crippen molar-refractivity contribution >= 4 is 22.4 Å². The lowest BCUT2D eigenvalue weighted by Crippen LogP contribution is -2.46. The van der Waals surface area contributed by atoms with E-state index in [2.05, 4.69) is 5.32 Å². The Hall–Kier alpha value is -0.820. The lowest BCUT2D eigenvalue weighted by Gasteiger charge is -2.33. The molecule has 2 heterocycles. The minimum Gasteiger partial charge on any atom is -0.493 e. The average molecular weight is 375 g/mol. The predicted molar refractivity (Wildman–Crippen MR) is 97.6 cm³/mol. The molecule has 0 aromatic heterocycles. The number of halogens is 1. The Morgan fingerprint density at radius 3 is 2.75 bits per heavy atom. The highest BCUT2D eigenvalue weighted by Crippen LogP contribution is 2.30. The third-order valence-electron chi connectivity index (χ3n) is 4.65. The van der Waals surface area contributed by atoms with Gasteiger partial charge in [-0.05, 0) is 69.0 Å². The first-order chi connectivity index (χ1) is 11.1. The van der Waals surface area contributed by atoms with Crippen LogP contribution in [-0.2, 0) is 16.4 Å². The van der Waals surface area contributed by atoms with Crippen molar-refractivity contribution in [2.75, 3.05) is 26.2 Å². The fraction of sp³-hybridized carbons (Fsp3) is 0.647. The van der Waals surface area contributed by atoms with Gasteiger partial charge in [-0.25, -0.2) is 8.42 Å². The Labute approximate surface area is 151 Å². The van der Waals surface area contributed by atoms with Crippen LogP contribution in [0.2, 0.25) is 0 Å². The van der Waals surface area contributed by atoms with Crippen LogP contribution < -0.4 is 10.1 Å². The zero-order chi connectivity index (χ0) is 16.3. The standard InChI is InChI=1S/C17H26N2O3S.ClH/c1-2-11-19(15-7-9-18-10-8-15)23(20,21)16-5-6-17-14(13-16)4-3-12-22-17;/h5-6,13,15,18H,2-4,7-12H2,1H3;1H. The van der Waals surface area contributed by atoms with E-state index in [0.29, 0.717) is 11.4 Å². The number of aryl methyl sites for hydroxylation is 1. The number of hydrogen-bond acceptors (Lipinski definition) is 4. The van der Waals surface area contributed by atoms with Gasteiger partial charge < -0.3 is 10.1 Å². The molecule has 2 aliphatic rings. The van der Waals surface area contributed by atoms with E-state index >= 15 is 0 Å². The number of nitrogens with zero attached hydrogens (tertiary/aromatic N) is 1. The van der Waals surface area contributed by atoms with E-state index in [0.717, 1.165) is 63.1 Å².